The third kappa shape index (κ3) is 3.71. The summed E-state index contributed by atoms with van der Waals surface area (Å²) in [5.74, 6) is 0.0847. The largest absolute Gasteiger partial charge is 0.379 e. The molecular weight excluding hydrogens is 340 g/mol. The molecule has 1 aromatic carbocycles. The first-order valence-electron chi connectivity index (χ1n) is 9.38. The van der Waals surface area contributed by atoms with E-state index >= 15 is 0 Å². The lowest BCUT2D eigenvalue weighted by atomic mass is 9.93. The average Bonchev–Trinajstić information content (AvgIpc) is 3.32. The second-order valence-corrected chi connectivity index (χ2v) is 7.34. The fraction of sp³-hybridized carbons (Fsp3) is 0.381. The van der Waals surface area contributed by atoms with E-state index < -0.39 is 0 Å². The summed E-state index contributed by atoms with van der Waals surface area (Å²) >= 11 is 0. The Kier molecular flexibility index (Phi) is 4.90. The van der Waals surface area contributed by atoms with Crippen LogP contribution in [0.5, 0.6) is 0 Å². The van der Waals surface area contributed by atoms with Crippen molar-refractivity contribution in [1.82, 2.24) is 20.1 Å². The number of para-hydroxylation sites is 1. The molecule has 6 heteroatoms. The lowest BCUT2D eigenvalue weighted by molar-refractivity contribution is 0.0919. The van der Waals surface area contributed by atoms with Crippen molar-refractivity contribution in [2.24, 2.45) is 5.92 Å². The topological polar surface area (TPSA) is 69.0 Å². The van der Waals surface area contributed by atoms with Crippen molar-refractivity contribution >= 4 is 16.8 Å². The van der Waals surface area contributed by atoms with Crippen LogP contribution in [-0.4, -0.2) is 39.9 Å². The van der Waals surface area contributed by atoms with Crippen molar-refractivity contribution in [3.05, 3.63) is 60.0 Å². The van der Waals surface area contributed by atoms with E-state index in [9.17, 15) is 4.79 Å². The molecule has 3 heterocycles. The number of hydrogen-bond acceptors (Lipinski definition) is 4. The van der Waals surface area contributed by atoms with Gasteiger partial charge in [-0.3, -0.25) is 14.5 Å². The van der Waals surface area contributed by atoms with E-state index in [0.717, 1.165) is 17.3 Å². The summed E-state index contributed by atoms with van der Waals surface area (Å²) in [4.78, 5) is 17.0. The summed E-state index contributed by atoms with van der Waals surface area (Å²) in [6, 6.07) is 12.2. The monoisotopic (exact) mass is 364 g/mol. The highest BCUT2D eigenvalue weighted by Crippen LogP contribution is 2.24. The fourth-order valence-corrected chi connectivity index (χ4v) is 3.56. The maximum Gasteiger partial charge on any atom is 0.272 e. The van der Waals surface area contributed by atoms with Crippen LogP contribution >= 0.6 is 0 Å². The van der Waals surface area contributed by atoms with Gasteiger partial charge in [-0.1, -0.05) is 18.2 Å². The molecule has 1 saturated heterocycles. The van der Waals surface area contributed by atoms with Crippen molar-refractivity contribution < 1.29 is 9.53 Å². The van der Waals surface area contributed by atoms with E-state index in [2.05, 4.69) is 27.5 Å². The second-order valence-electron chi connectivity index (χ2n) is 7.34. The Labute approximate surface area is 158 Å². The van der Waals surface area contributed by atoms with Gasteiger partial charge in [0.15, 0.2) is 0 Å². The predicted octanol–water partition coefficient (Wildman–Crippen LogP) is 3.00. The van der Waals surface area contributed by atoms with E-state index in [1.807, 2.05) is 44.4 Å². The Balaban J connectivity index is 1.48. The van der Waals surface area contributed by atoms with Crippen molar-refractivity contribution in [3.63, 3.8) is 0 Å². The van der Waals surface area contributed by atoms with Crippen molar-refractivity contribution in [1.29, 1.82) is 0 Å². The number of fused-ring (bicyclic) bond motifs is 1. The van der Waals surface area contributed by atoms with Crippen LogP contribution in [0.25, 0.3) is 10.9 Å². The number of amides is 1. The molecule has 4 rings (SSSR count). The minimum absolute atomic E-state index is 0.0198. The number of nitrogens with one attached hydrogen (secondary N) is 1. The van der Waals surface area contributed by atoms with Gasteiger partial charge in [-0.25, -0.2) is 0 Å². The normalized spacial score (nSPS) is 19.7. The van der Waals surface area contributed by atoms with E-state index in [4.69, 9.17) is 4.74 Å². The third-order valence-electron chi connectivity index (χ3n) is 5.11. The van der Waals surface area contributed by atoms with Gasteiger partial charge in [0.05, 0.1) is 24.8 Å². The highest BCUT2D eigenvalue weighted by Gasteiger charge is 2.30. The summed E-state index contributed by atoms with van der Waals surface area (Å²) < 4.78 is 7.47. The number of ether oxygens (including phenoxy) is 1. The highest BCUT2D eigenvalue weighted by atomic mass is 16.5. The fourth-order valence-electron chi connectivity index (χ4n) is 3.56. The lowest BCUT2D eigenvalue weighted by Gasteiger charge is -2.19. The molecule has 0 bridgehead atoms. The molecule has 0 saturated carbocycles. The zero-order valence-corrected chi connectivity index (χ0v) is 15.6. The molecule has 0 spiro atoms. The minimum atomic E-state index is -0.144. The lowest BCUT2D eigenvalue weighted by Crippen LogP contribution is -2.40. The van der Waals surface area contributed by atoms with Gasteiger partial charge in [0.1, 0.15) is 5.69 Å². The summed E-state index contributed by atoms with van der Waals surface area (Å²) in [5, 5.41) is 8.63. The van der Waals surface area contributed by atoms with Crippen LogP contribution in [0.2, 0.25) is 0 Å². The Morgan fingerprint density at radius 1 is 1.26 bits per heavy atom. The Morgan fingerprint density at radius 2 is 2.11 bits per heavy atom. The van der Waals surface area contributed by atoms with E-state index in [0.29, 0.717) is 18.9 Å². The molecule has 0 radical (unpaired) electrons. The van der Waals surface area contributed by atoms with Crippen LogP contribution in [0.15, 0.2) is 48.8 Å². The standard InChI is InChI=1S/C21H24N4O2/c1-14(2)25-10-8-19(24-25)21(26)23-20-13-27-12-16(20)11-15-7-9-22-18-6-4-3-5-17(15)18/h3-10,14,16,20H,11-13H2,1-2H3,(H,23,26)/t16-,20-/m1/s1. The molecule has 1 aliphatic heterocycles. The molecule has 27 heavy (non-hydrogen) atoms. The Morgan fingerprint density at radius 3 is 2.93 bits per heavy atom. The smallest absolute Gasteiger partial charge is 0.272 e. The van der Waals surface area contributed by atoms with Crippen molar-refractivity contribution in [2.45, 2.75) is 32.4 Å². The molecule has 1 amide bonds. The van der Waals surface area contributed by atoms with Crippen LogP contribution in [0, 0.1) is 5.92 Å². The third-order valence-corrected chi connectivity index (χ3v) is 5.11. The summed E-state index contributed by atoms with van der Waals surface area (Å²) in [5.41, 5.74) is 2.68. The molecule has 1 N–H and O–H groups in total. The number of carbonyl (C=O) groups excluding carboxylic acids is 1. The SMILES string of the molecule is CC(C)n1ccc(C(=O)N[C@@H]2COC[C@H]2Cc2ccnc3ccccc23)n1. The first kappa shape index (κ1) is 17.7. The summed E-state index contributed by atoms with van der Waals surface area (Å²) in [6.45, 7) is 5.25. The van der Waals surface area contributed by atoms with Gasteiger partial charge in [-0.2, -0.15) is 5.10 Å². The first-order chi connectivity index (χ1) is 13.1. The first-order valence-corrected chi connectivity index (χ1v) is 9.38. The molecule has 2 aromatic heterocycles. The maximum absolute atomic E-state index is 12.6. The number of carbonyl (C=O) groups is 1. The summed E-state index contributed by atoms with van der Waals surface area (Å²) in [7, 11) is 0. The van der Waals surface area contributed by atoms with Crippen LogP contribution < -0.4 is 5.32 Å². The van der Waals surface area contributed by atoms with Crippen molar-refractivity contribution in [2.75, 3.05) is 13.2 Å². The van der Waals surface area contributed by atoms with Gasteiger partial charge in [-0.15, -0.1) is 0 Å². The van der Waals surface area contributed by atoms with E-state index in [1.165, 1.54) is 5.56 Å². The average molecular weight is 364 g/mol. The van der Waals surface area contributed by atoms with Crippen LogP contribution in [-0.2, 0) is 11.2 Å². The highest BCUT2D eigenvalue weighted by molar-refractivity contribution is 5.92. The molecule has 140 valence electrons. The van der Waals surface area contributed by atoms with Crippen molar-refractivity contribution in [3.8, 4) is 0 Å². The second kappa shape index (κ2) is 7.48. The van der Waals surface area contributed by atoms with E-state index in [-0.39, 0.29) is 23.9 Å². The molecule has 0 unspecified atom stereocenters. The number of hydrogen-bond donors (Lipinski definition) is 1. The van der Waals surface area contributed by atoms with Gasteiger partial charge in [-0.05, 0) is 44.0 Å². The molecule has 6 nitrogen and oxygen atoms in total. The molecule has 3 aromatic rings. The van der Waals surface area contributed by atoms with Gasteiger partial charge in [0.25, 0.3) is 5.91 Å². The quantitative estimate of drug-likeness (QED) is 0.756. The molecule has 1 fully saturated rings. The number of benzene rings is 1. The minimum Gasteiger partial charge on any atom is -0.379 e. The number of rotatable bonds is 5. The molecular formula is C21H24N4O2. The number of pyridine rings is 1. The number of nitrogens with zero attached hydrogens (tertiary/aromatic N) is 3. The summed E-state index contributed by atoms with van der Waals surface area (Å²) in [6.07, 6.45) is 4.53. The molecule has 1 aliphatic rings. The predicted molar refractivity (Wildman–Crippen MR) is 104 cm³/mol. The Bertz CT molecular complexity index is 945. The van der Waals surface area contributed by atoms with Gasteiger partial charge >= 0.3 is 0 Å². The zero-order valence-electron chi connectivity index (χ0n) is 15.6. The van der Waals surface area contributed by atoms with Gasteiger partial charge < -0.3 is 10.1 Å². The zero-order chi connectivity index (χ0) is 18.8. The van der Waals surface area contributed by atoms with Crippen LogP contribution in [0.3, 0.4) is 0 Å². The number of aromatic nitrogens is 3. The van der Waals surface area contributed by atoms with E-state index in [1.54, 1.807) is 10.7 Å². The van der Waals surface area contributed by atoms with Crippen LogP contribution in [0.1, 0.15) is 35.9 Å². The van der Waals surface area contributed by atoms with Gasteiger partial charge in [0, 0.05) is 29.7 Å². The molecule has 0 aliphatic carbocycles. The van der Waals surface area contributed by atoms with Crippen LogP contribution in [0.4, 0.5) is 0 Å². The van der Waals surface area contributed by atoms with Gasteiger partial charge in [0.2, 0.25) is 0 Å². The maximum atomic E-state index is 12.6. The Hall–Kier alpha value is -2.73. The molecule has 2 atom stereocenters.